The van der Waals surface area contributed by atoms with Gasteiger partial charge in [-0.15, -0.1) is 0 Å². The topological polar surface area (TPSA) is 72.3 Å². The van der Waals surface area contributed by atoms with Gasteiger partial charge in [-0.2, -0.15) is 0 Å². The van der Waals surface area contributed by atoms with Gasteiger partial charge < -0.3 is 9.84 Å². The van der Waals surface area contributed by atoms with E-state index in [0.717, 1.165) is 11.1 Å². The molecule has 0 fully saturated rings. The van der Waals surface area contributed by atoms with E-state index in [0.29, 0.717) is 17.7 Å². The maximum atomic E-state index is 10.9. The van der Waals surface area contributed by atoms with Crippen LogP contribution in [-0.4, -0.2) is 28.2 Å². The highest BCUT2D eigenvalue weighted by atomic mass is 16.5. The summed E-state index contributed by atoms with van der Waals surface area (Å²) in [4.78, 5) is 19.3. The highest BCUT2D eigenvalue weighted by molar-refractivity contribution is 5.86. The van der Waals surface area contributed by atoms with E-state index >= 15 is 0 Å². The molecule has 2 aromatic rings. The molecule has 1 atom stereocenters. The van der Waals surface area contributed by atoms with Gasteiger partial charge in [0.05, 0.1) is 18.7 Å². The first-order chi connectivity index (χ1) is 8.63. The van der Waals surface area contributed by atoms with Crippen molar-refractivity contribution in [1.29, 1.82) is 0 Å². The molecule has 1 heterocycles. The minimum absolute atomic E-state index is 0.377. The number of para-hydroxylation sites is 1. The van der Waals surface area contributed by atoms with E-state index in [1.54, 1.807) is 14.0 Å². The normalized spacial score (nSPS) is 12.3. The van der Waals surface area contributed by atoms with Crippen LogP contribution in [0.2, 0.25) is 0 Å². The fraction of sp³-hybridized carbons (Fsp3) is 0.308. The van der Waals surface area contributed by atoms with Gasteiger partial charge in [-0.3, -0.25) is 4.79 Å². The van der Waals surface area contributed by atoms with E-state index in [1.165, 1.54) is 6.33 Å². The number of fused-ring (bicyclic) bond motifs is 1. The van der Waals surface area contributed by atoms with E-state index in [1.807, 2.05) is 18.2 Å². The lowest BCUT2D eigenvalue weighted by Crippen LogP contribution is -2.13. The fourth-order valence-electron chi connectivity index (χ4n) is 1.82. The van der Waals surface area contributed by atoms with Crippen molar-refractivity contribution in [3.63, 3.8) is 0 Å². The zero-order valence-corrected chi connectivity index (χ0v) is 10.3. The van der Waals surface area contributed by atoms with Crippen LogP contribution in [0.4, 0.5) is 0 Å². The maximum absolute atomic E-state index is 10.9. The minimum Gasteiger partial charge on any atom is -0.494 e. The van der Waals surface area contributed by atoms with Gasteiger partial charge in [0.25, 0.3) is 0 Å². The molecule has 0 spiro atoms. The molecule has 5 heteroatoms. The predicted octanol–water partition coefficient (Wildman–Crippen LogP) is 1.90. The zero-order chi connectivity index (χ0) is 13.1. The predicted molar refractivity (Wildman–Crippen MR) is 66.6 cm³/mol. The molecule has 0 radical (unpaired) electrons. The van der Waals surface area contributed by atoms with E-state index < -0.39 is 11.9 Å². The van der Waals surface area contributed by atoms with Crippen molar-refractivity contribution in [2.75, 3.05) is 7.11 Å². The molecule has 18 heavy (non-hydrogen) atoms. The molecule has 0 aliphatic heterocycles. The number of nitrogens with zero attached hydrogens (tertiary/aromatic N) is 2. The molecule has 0 bridgehead atoms. The lowest BCUT2D eigenvalue weighted by Gasteiger charge is -2.09. The summed E-state index contributed by atoms with van der Waals surface area (Å²) in [6, 6.07) is 5.54. The number of hydrogen-bond acceptors (Lipinski definition) is 4. The average molecular weight is 246 g/mol. The highest BCUT2D eigenvalue weighted by Gasteiger charge is 2.15. The van der Waals surface area contributed by atoms with Gasteiger partial charge in [0, 0.05) is 11.8 Å². The Morgan fingerprint density at radius 2 is 2.22 bits per heavy atom. The van der Waals surface area contributed by atoms with Crippen LogP contribution in [0.1, 0.15) is 12.6 Å². The monoisotopic (exact) mass is 246 g/mol. The molecular weight excluding hydrogens is 232 g/mol. The average Bonchev–Trinajstić information content (AvgIpc) is 2.38. The van der Waals surface area contributed by atoms with Gasteiger partial charge in [-0.05, 0) is 6.07 Å². The number of ether oxygens (including phenoxy) is 1. The lowest BCUT2D eigenvalue weighted by molar-refractivity contribution is -0.141. The Morgan fingerprint density at radius 3 is 2.89 bits per heavy atom. The van der Waals surface area contributed by atoms with Crippen LogP contribution >= 0.6 is 0 Å². The summed E-state index contributed by atoms with van der Waals surface area (Å²) in [7, 11) is 1.58. The third-order valence-electron chi connectivity index (χ3n) is 2.85. The Bertz CT molecular complexity index is 583. The Kier molecular flexibility index (Phi) is 3.41. The van der Waals surface area contributed by atoms with Crippen LogP contribution in [0.15, 0.2) is 24.5 Å². The second-order valence-corrected chi connectivity index (χ2v) is 4.12. The molecule has 0 saturated carbocycles. The number of rotatable bonds is 4. The first kappa shape index (κ1) is 12.3. The third-order valence-corrected chi connectivity index (χ3v) is 2.85. The van der Waals surface area contributed by atoms with Crippen molar-refractivity contribution in [2.24, 2.45) is 5.92 Å². The van der Waals surface area contributed by atoms with E-state index in [9.17, 15) is 4.79 Å². The Balaban J connectivity index is 2.49. The quantitative estimate of drug-likeness (QED) is 0.892. The van der Waals surface area contributed by atoms with Gasteiger partial charge >= 0.3 is 5.97 Å². The highest BCUT2D eigenvalue weighted by Crippen LogP contribution is 2.25. The Labute approximate surface area is 104 Å². The fourth-order valence-corrected chi connectivity index (χ4v) is 1.82. The van der Waals surface area contributed by atoms with Crippen molar-refractivity contribution in [3.05, 3.63) is 30.2 Å². The van der Waals surface area contributed by atoms with E-state index in [-0.39, 0.29) is 0 Å². The Morgan fingerprint density at radius 1 is 1.44 bits per heavy atom. The van der Waals surface area contributed by atoms with Crippen LogP contribution in [0.5, 0.6) is 5.75 Å². The molecule has 0 aliphatic rings. The Hall–Kier alpha value is -2.17. The lowest BCUT2D eigenvalue weighted by atomic mass is 10.0. The standard InChI is InChI=1S/C13H14N2O3/c1-8(13(16)17)6-10-9-4-3-5-11(18-2)12(9)15-7-14-10/h3-5,7-8H,6H2,1-2H3,(H,16,17). The van der Waals surface area contributed by atoms with Crippen LogP contribution < -0.4 is 4.74 Å². The zero-order valence-electron chi connectivity index (χ0n) is 10.3. The molecule has 0 aliphatic carbocycles. The number of aromatic nitrogens is 2. The maximum Gasteiger partial charge on any atom is 0.306 e. The van der Waals surface area contributed by atoms with Crippen LogP contribution in [0.25, 0.3) is 10.9 Å². The van der Waals surface area contributed by atoms with Crippen molar-refractivity contribution >= 4 is 16.9 Å². The van der Waals surface area contributed by atoms with E-state index in [4.69, 9.17) is 9.84 Å². The molecule has 1 aromatic heterocycles. The number of benzene rings is 1. The molecular formula is C13H14N2O3. The summed E-state index contributed by atoms with van der Waals surface area (Å²) in [5.74, 6) is -0.641. The van der Waals surface area contributed by atoms with Crippen LogP contribution in [0.3, 0.4) is 0 Å². The molecule has 94 valence electrons. The van der Waals surface area contributed by atoms with Crippen molar-refractivity contribution < 1.29 is 14.6 Å². The second-order valence-electron chi connectivity index (χ2n) is 4.12. The van der Waals surface area contributed by atoms with Gasteiger partial charge in [0.1, 0.15) is 17.6 Å². The first-order valence-electron chi connectivity index (χ1n) is 5.63. The van der Waals surface area contributed by atoms with Gasteiger partial charge in [-0.25, -0.2) is 9.97 Å². The van der Waals surface area contributed by atoms with Crippen LogP contribution in [-0.2, 0) is 11.2 Å². The summed E-state index contributed by atoms with van der Waals surface area (Å²) in [6.45, 7) is 1.66. The smallest absolute Gasteiger partial charge is 0.306 e. The van der Waals surface area contributed by atoms with E-state index in [2.05, 4.69) is 9.97 Å². The van der Waals surface area contributed by atoms with Crippen molar-refractivity contribution in [1.82, 2.24) is 9.97 Å². The molecule has 2 rings (SSSR count). The summed E-state index contributed by atoms with van der Waals surface area (Å²) in [5.41, 5.74) is 1.44. The number of carbonyl (C=O) groups is 1. The number of carboxylic acid groups (broad SMARTS) is 1. The van der Waals surface area contributed by atoms with Crippen molar-refractivity contribution in [3.8, 4) is 5.75 Å². The number of methoxy groups -OCH3 is 1. The van der Waals surface area contributed by atoms with Gasteiger partial charge in [0.2, 0.25) is 0 Å². The van der Waals surface area contributed by atoms with Crippen molar-refractivity contribution in [2.45, 2.75) is 13.3 Å². The summed E-state index contributed by atoms with van der Waals surface area (Å²) < 4.78 is 5.23. The third kappa shape index (κ3) is 2.25. The minimum atomic E-state index is -0.829. The summed E-state index contributed by atoms with van der Waals surface area (Å²) in [5, 5.41) is 9.79. The summed E-state index contributed by atoms with van der Waals surface area (Å²) >= 11 is 0. The largest absolute Gasteiger partial charge is 0.494 e. The first-order valence-corrected chi connectivity index (χ1v) is 5.63. The van der Waals surface area contributed by atoms with Crippen LogP contribution in [0, 0.1) is 5.92 Å². The molecule has 5 nitrogen and oxygen atoms in total. The molecule has 0 saturated heterocycles. The van der Waals surface area contributed by atoms with Gasteiger partial charge in [-0.1, -0.05) is 19.1 Å². The number of aliphatic carboxylic acids is 1. The number of hydrogen-bond donors (Lipinski definition) is 1. The molecule has 1 aromatic carbocycles. The molecule has 1 N–H and O–H groups in total. The SMILES string of the molecule is COc1cccc2c(CC(C)C(=O)O)ncnc12. The molecule has 1 unspecified atom stereocenters. The van der Waals surface area contributed by atoms with Gasteiger partial charge in [0.15, 0.2) is 0 Å². The second kappa shape index (κ2) is 5.00. The summed E-state index contributed by atoms with van der Waals surface area (Å²) in [6.07, 6.45) is 1.82. The molecule has 0 amide bonds. The number of carboxylic acids is 1.